The average molecular weight is 207 g/mol. The number of nitrogens with two attached hydrogens (primary N) is 1. The summed E-state index contributed by atoms with van der Waals surface area (Å²) < 4.78 is 0. The second-order valence-electron chi connectivity index (χ2n) is 3.42. The summed E-state index contributed by atoms with van der Waals surface area (Å²) in [4.78, 5) is 15.6. The van der Waals surface area contributed by atoms with Gasteiger partial charge in [-0.1, -0.05) is 13.8 Å². The summed E-state index contributed by atoms with van der Waals surface area (Å²) in [5.74, 6) is 0.134. The second-order valence-corrected chi connectivity index (χ2v) is 3.42. The highest BCUT2D eigenvalue weighted by Crippen LogP contribution is 2.07. The summed E-state index contributed by atoms with van der Waals surface area (Å²) >= 11 is 0. The molecular weight excluding hydrogens is 190 g/mol. The quantitative estimate of drug-likeness (QED) is 0.787. The molecule has 0 bridgehead atoms. The fourth-order valence-electron chi connectivity index (χ4n) is 1.37. The first kappa shape index (κ1) is 11.5. The maximum absolute atomic E-state index is 11.8. The molecule has 1 rings (SSSR count). The number of aromatic nitrogens is 1. The molecule has 0 aliphatic carbocycles. The Bertz CT molecular complexity index is 334. The number of amides is 1. The first-order valence-corrected chi connectivity index (χ1v) is 5.20. The van der Waals surface area contributed by atoms with Crippen molar-refractivity contribution < 1.29 is 4.79 Å². The highest BCUT2D eigenvalue weighted by Gasteiger charge is 2.12. The number of hydrogen-bond donors (Lipinski definition) is 2. The van der Waals surface area contributed by atoms with E-state index in [0.29, 0.717) is 5.56 Å². The van der Waals surface area contributed by atoms with E-state index in [4.69, 9.17) is 5.73 Å². The second kappa shape index (κ2) is 5.34. The fourth-order valence-corrected chi connectivity index (χ4v) is 1.37. The maximum atomic E-state index is 11.8. The molecule has 0 aromatic carbocycles. The summed E-state index contributed by atoms with van der Waals surface area (Å²) in [5, 5.41) is 2.91. The van der Waals surface area contributed by atoms with Gasteiger partial charge >= 0.3 is 0 Å². The number of pyridine rings is 1. The summed E-state index contributed by atoms with van der Waals surface area (Å²) in [7, 11) is 0. The third kappa shape index (κ3) is 2.94. The van der Waals surface area contributed by atoms with Gasteiger partial charge in [0, 0.05) is 12.2 Å². The van der Waals surface area contributed by atoms with Crippen molar-refractivity contribution in [1.29, 1.82) is 0 Å². The van der Waals surface area contributed by atoms with Gasteiger partial charge in [0.15, 0.2) is 0 Å². The number of nitrogens with one attached hydrogen (secondary N) is 1. The normalized spacial score (nSPS) is 10.3. The van der Waals surface area contributed by atoms with Gasteiger partial charge in [-0.2, -0.15) is 0 Å². The van der Waals surface area contributed by atoms with Gasteiger partial charge in [-0.25, -0.2) is 4.98 Å². The van der Waals surface area contributed by atoms with Crippen LogP contribution < -0.4 is 11.1 Å². The molecular formula is C11H17N3O. The molecule has 82 valence electrons. The molecule has 1 heterocycles. The Balaban J connectivity index is 2.73. The third-order valence-electron chi connectivity index (χ3n) is 2.40. The molecule has 15 heavy (non-hydrogen) atoms. The summed E-state index contributed by atoms with van der Waals surface area (Å²) in [6, 6.07) is 3.59. The highest BCUT2D eigenvalue weighted by atomic mass is 16.1. The first-order chi connectivity index (χ1) is 7.19. The number of carbonyl (C=O) groups excluding carboxylic acids is 1. The van der Waals surface area contributed by atoms with Crippen LogP contribution in [-0.4, -0.2) is 16.9 Å². The molecule has 0 spiro atoms. The van der Waals surface area contributed by atoms with E-state index in [-0.39, 0.29) is 17.8 Å². The van der Waals surface area contributed by atoms with Crippen molar-refractivity contribution >= 4 is 11.7 Å². The van der Waals surface area contributed by atoms with Crippen LogP contribution in [0.4, 0.5) is 5.82 Å². The average Bonchev–Trinajstić information content (AvgIpc) is 2.26. The van der Waals surface area contributed by atoms with E-state index in [9.17, 15) is 4.79 Å². The van der Waals surface area contributed by atoms with Gasteiger partial charge in [0.05, 0.1) is 5.56 Å². The molecule has 0 unspecified atom stereocenters. The van der Waals surface area contributed by atoms with Crippen LogP contribution in [0.25, 0.3) is 0 Å². The van der Waals surface area contributed by atoms with Crippen molar-refractivity contribution in [3.63, 3.8) is 0 Å². The van der Waals surface area contributed by atoms with E-state index in [1.807, 2.05) is 13.8 Å². The van der Waals surface area contributed by atoms with Gasteiger partial charge in [0.2, 0.25) is 0 Å². The van der Waals surface area contributed by atoms with Crippen LogP contribution in [0.15, 0.2) is 18.3 Å². The Morgan fingerprint density at radius 3 is 2.73 bits per heavy atom. The molecule has 4 nitrogen and oxygen atoms in total. The van der Waals surface area contributed by atoms with Crippen molar-refractivity contribution in [3.05, 3.63) is 23.9 Å². The van der Waals surface area contributed by atoms with Crippen LogP contribution in [0.1, 0.15) is 37.0 Å². The number of hydrogen-bond acceptors (Lipinski definition) is 3. The summed E-state index contributed by atoms with van der Waals surface area (Å²) in [6.45, 7) is 4.09. The molecule has 0 saturated carbocycles. The lowest BCUT2D eigenvalue weighted by Crippen LogP contribution is -2.34. The Labute approximate surface area is 89.9 Å². The molecule has 3 N–H and O–H groups in total. The zero-order chi connectivity index (χ0) is 11.3. The molecule has 4 heteroatoms. The number of anilines is 1. The van der Waals surface area contributed by atoms with Crippen LogP contribution in [0.3, 0.4) is 0 Å². The number of carbonyl (C=O) groups is 1. The van der Waals surface area contributed by atoms with E-state index in [0.717, 1.165) is 12.8 Å². The number of rotatable bonds is 4. The zero-order valence-corrected chi connectivity index (χ0v) is 9.16. The first-order valence-electron chi connectivity index (χ1n) is 5.20. The molecule has 1 aromatic heterocycles. The van der Waals surface area contributed by atoms with Crippen molar-refractivity contribution in [2.24, 2.45) is 0 Å². The Hall–Kier alpha value is -1.58. The monoisotopic (exact) mass is 207 g/mol. The SMILES string of the molecule is CCC(CC)NC(=O)c1cccnc1N. The minimum Gasteiger partial charge on any atom is -0.383 e. The van der Waals surface area contributed by atoms with Crippen LogP contribution in [0.2, 0.25) is 0 Å². The van der Waals surface area contributed by atoms with Crippen LogP contribution in [0, 0.1) is 0 Å². The molecule has 0 aliphatic heterocycles. The number of nitrogen functional groups attached to an aromatic ring is 1. The van der Waals surface area contributed by atoms with Crippen molar-refractivity contribution in [2.75, 3.05) is 5.73 Å². The van der Waals surface area contributed by atoms with E-state index < -0.39 is 0 Å². The van der Waals surface area contributed by atoms with Gasteiger partial charge < -0.3 is 11.1 Å². The highest BCUT2D eigenvalue weighted by molar-refractivity contribution is 5.98. The van der Waals surface area contributed by atoms with Gasteiger partial charge in [0.1, 0.15) is 5.82 Å². The minimum absolute atomic E-state index is 0.144. The van der Waals surface area contributed by atoms with E-state index >= 15 is 0 Å². The van der Waals surface area contributed by atoms with Gasteiger partial charge in [-0.05, 0) is 25.0 Å². The number of nitrogens with zero attached hydrogens (tertiary/aromatic N) is 1. The Morgan fingerprint density at radius 1 is 1.53 bits per heavy atom. The Morgan fingerprint density at radius 2 is 2.20 bits per heavy atom. The van der Waals surface area contributed by atoms with Crippen molar-refractivity contribution in [1.82, 2.24) is 10.3 Å². The lowest BCUT2D eigenvalue weighted by Gasteiger charge is -2.14. The predicted octanol–water partition coefficient (Wildman–Crippen LogP) is 1.58. The molecule has 1 aromatic rings. The molecule has 0 fully saturated rings. The molecule has 1 amide bonds. The lowest BCUT2D eigenvalue weighted by atomic mass is 10.1. The smallest absolute Gasteiger partial charge is 0.255 e. The largest absolute Gasteiger partial charge is 0.383 e. The van der Waals surface area contributed by atoms with Gasteiger partial charge in [-0.3, -0.25) is 4.79 Å². The van der Waals surface area contributed by atoms with Crippen LogP contribution in [0.5, 0.6) is 0 Å². The standard InChI is InChI=1S/C11H17N3O/c1-3-8(4-2)14-11(15)9-6-5-7-13-10(9)12/h5-8H,3-4H2,1-2H3,(H2,12,13)(H,14,15). The predicted molar refractivity (Wildman–Crippen MR) is 60.5 cm³/mol. The van der Waals surface area contributed by atoms with Crippen LogP contribution >= 0.6 is 0 Å². The van der Waals surface area contributed by atoms with Crippen molar-refractivity contribution in [3.8, 4) is 0 Å². The topological polar surface area (TPSA) is 68.0 Å². The maximum Gasteiger partial charge on any atom is 0.255 e. The van der Waals surface area contributed by atoms with E-state index in [2.05, 4.69) is 10.3 Å². The van der Waals surface area contributed by atoms with Gasteiger partial charge in [-0.15, -0.1) is 0 Å². The van der Waals surface area contributed by atoms with E-state index in [1.165, 1.54) is 0 Å². The lowest BCUT2D eigenvalue weighted by molar-refractivity contribution is 0.0935. The molecule has 0 atom stereocenters. The fraction of sp³-hybridized carbons (Fsp3) is 0.455. The third-order valence-corrected chi connectivity index (χ3v) is 2.40. The van der Waals surface area contributed by atoms with Crippen molar-refractivity contribution in [2.45, 2.75) is 32.7 Å². The van der Waals surface area contributed by atoms with E-state index in [1.54, 1.807) is 18.3 Å². The summed E-state index contributed by atoms with van der Waals surface area (Å²) in [5.41, 5.74) is 6.06. The molecule has 0 aliphatic rings. The molecule has 0 radical (unpaired) electrons. The Kier molecular flexibility index (Phi) is 4.09. The zero-order valence-electron chi connectivity index (χ0n) is 9.16. The molecule has 0 saturated heterocycles. The van der Waals surface area contributed by atoms with Crippen LogP contribution in [-0.2, 0) is 0 Å². The minimum atomic E-state index is -0.144. The van der Waals surface area contributed by atoms with Gasteiger partial charge in [0.25, 0.3) is 5.91 Å². The summed E-state index contributed by atoms with van der Waals surface area (Å²) in [6.07, 6.45) is 3.41.